The summed E-state index contributed by atoms with van der Waals surface area (Å²) in [5.74, 6) is -0.963. The van der Waals surface area contributed by atoms with Gasteiger partial charge in [-0.05, 0) is 36.2 Å². The number of carbonyl (C=O) groups excluding carboxylic acids is 1. The molecule has 8 nitrogen and oxygen atoms in total. The van der Waals surface area contributed by atoms with E-state index in [1.807, 2.05) is 36.2 Å². The summed E-state index contributed by atoms with van der Waals surface area (Å²) in [5, 5.41) is 13.0. The van der Waals surface area contributed by atoms with Gasteiger partial charge in [0.05, 0.1) is 42.3 Å². The van der Waals surface area contributed by atoms with Crippen LogP contribution in [0.15, 0.2) is 48.5 Å². The van der Waals surface area contributed by atoms with Crippen molar-refractivity contribution < 1.29 is 24.2 Å². The van der Waals surface area contributed by atoms with Gasteiger partial charge in [-0.25, -0.2) is 4.79 Å². The van der Waals surface area contributed by atoms with Crippen molar-refractivity contribution in [2.24, 2.45) is 0 Å². The fourth-order valence-corrected chi connectivity index (χ4v) is 4.69. The number of aliphatic carboxylic acids is 1. The highest BCUT2D eigenvalue weighted by atomic mass is 35.5. The lowest BCUT2D eigenvalue weighted by molar-refractivity contribution is -0.142. The molecule has 10 heteroatoms. The molecule has 2 N–H and O–H groups in total. The van der Waals surface area contributed by atoms with E-state index in [0.717, 1.165) is 37.2 Å². The Balaban J connectivity index is 1.48. The zero-order valence-corrected chi connectivity index (χ0v) is 22.6. The van der Waals surface area contributed by atoms with Crippen LogP contribution < -0.4 is 5.32 Å². The number of rotatable bonds is 15. The average molecular weight is 552 g/mol. The lowest BCUT2D eigenvalue weighted by Gasteiger charge is -2.32. The van der Waals surface area contributed by atoms with Gasteiger partial charge in [-0.2, -0.15) is 0 Å². The maximum atomic E-state index is 13.2. The van der Waals surface area contributed by atoms with Crippen molar-refractivity contribution in [3.05, 3.63) is 69.7 Å². The number of ether oxygens (including phenoxy) is 2. The van der Waals surface area contributed by atoms with Crippen molar-refractivity contribution in [1.29, 1.82) is 0 Å². The lowest BCUT2D eigenvalue weighted by atomic mass is 10.0. The second kappa shape index (κ2) is 15.3. The molecule has 0 aliphatic carbocycles. The minimum atomic E-state index is -0.982. The minimum absolute atomic E-state index is 0.0191. The van der Waals surface area contributed by atoms with Gasteiger partial charge in [0.25, 0.3) is 0 Å². The molecule has 1 aliphatic rings. The molecular weight excluding hydrogens is 517 g/mol. The molecule has 2 aromatic rings. The number of likely N-dealkylation sites (tertiary alicyclic amines) is 1. The van der Waals surface area contributed by atoms with Crippen LogP contribution in [-0.4, -0.2) is 92.5 Å². The van der Waals surface area contributed by atoms with Crippen molar-refractivity contribution in [3.8, 4) is 0 Å². The average Bonchev–Trinajstić information content (AvgIpc) is 3.33. The molecule has 3 rings (SSSR count). The summed E-state index contributed by atoms with van der Waals surface area (Å²) >= 11 is 12.2. The molecule has 202 valence electrons. The van der Waals surface area contributed by atoms with Gasteiger partial charge in [0, 0.05) is 32.7 Å². The molecule has 1 fully saturated rings. The topological polar surface area (TPSA) is 91.3 Å². The molecule has 0 bridgehead atoms. The van der Waals surface area contributed by atoms with Gasteiger partial charge in [-0.15, -0.1) is 0 Å². The van der Waals surface area contributed by atoms with Gasteiger partial charge in [0.15, 0.2) is 0 Å². The van der Waals surface area contributed by atoms with E-state index in [1.165, 1.54) is 0 Å². The van der Waals surface area contributed by atoms with E-state index in [0.29, 0.717) is 35.8 Å². The van der Waals surface area contributed by atoms with Crippen molar-refractivity contribution in [1.82, 2.24) is 15.1 Å². The summed E-state index contributed by atoms with van der Waals surface area (Å²) in [6.45, 7) is 4.14. The van der Waals surface area contributed by atoms with E-state index >= 15 is 0 Å². The third-order valence-corrected chi connectivity index (χ3v) is 7.10. The van der Waals surface area contributed by atoms with Crippen molar-refractivity contribution in [2.45, 2.75) is 24.9 Å². The van der Waals surface area contributed by atoms with Crippen LogP contribution in [0.5, 0.6) is 0 Å². The van der Waals surface area contributed by atoms with Crippen LogP contribution in [0.25, 0.3) is 0 Å². The van der Waals surface area contributed by atoms with Gasteiger partial charge < -0.3 is 24.8 Å². The fraction of sp³-hybridized carbons (Fsp3) is 0.481. The molecule has 2 atom stereocenters. The number of halogens is 2. The largest absolute Gasteiger partial charge is 0.480 e. The second-order valence-corrected chi connectivity index (χ2v) is 9.93. The highest BCUT2D eigenvalue weighted by molar-refractivity contribution is 6.42. The van der Waals surface area contributed by atoms with Crippen LogP contribution in [0, 0.1) is 0 Å². The number of hydrogen-bond acceptors (Lipinski definition) is 6. The van der Waals surface area contributed by atoms with Gasteiger partial charge in [-0.3, -0.25) is 9.69 Å². The summed E-state index contributed by atoms with van der Waals surface area (Å²) in [4.78, 5) is 27.9. The standard InChI is InChI=1S/C27H35Cl2N3O5/c1-31(26(33)16-20-7-8-23(28)24(29)15-20)25(21-5-3-2-4-6-21)18-32-11-9-22(17-32)30-10-12-36-13-14-37-19-27(34)35/h2-8,15,22,25,30H,9-14,16-19H2,1H3,(H,34,35)/t22-,25?/m0/s1. The molecule has 0 spiro atoms. The molecule has 0 saturated carbocycles. The van der Waals surface area contributed by atoms with Crippen LogP contribution in [0.3, 0.4) is 0 Å². The van der Waals surface area contributed by atoms with Crippen LogP contribution in [-0.2, 0) is 25.5 Å². The zero-order valence-electron chi connectivity index (χ0n) is 21.1. The predicted molar refractivity (Wildman–Crippen MR) is 144 cm³/mol. The summed E-state index contributed by atoms with van der Waals surface area (Å²) in [6, 6.07) is 15.7. The number of benzene rings is 2. The quantitative estimate of drug-likeness (QED) is 0.327. The first-order chi connectivity index (χ1) is 17.8. The summed E-state index contributed by atoms with van der Waals surface area (Å²) < 4.78 is 10.4. The fourth-order valence-electron chi connectivity index (χ4n) is 4.37. The number of amides is 1. The van der Waals surface area contributed by atoms with Crippen molar-refractivity contribution >= 4 is 35.1 Å². The summed E-state index contributed by atoms with van der Waals surface area (Å²) in [7, 11) is 1.86. The number of hydrogen-bond donors (Lipinski definition) is 2. The molecule has 1 heterocycles. The Morgan fingerprint density at radius 3 is 2.59 bits per heavy atom. The Bertz CT molecular complexity index is 1010. The number of carboxylic acid groups (broad SMARTS) is 1. The van der Waals surface area contributed by atoms with E-state index < -0.39 is 5.97 Å². The van der Waals surface area contributed by atoms with Crippen LogP contribution in [0.1, 0.15) is 23.6 Å². The summed E-state index contributed by atoms with van der Waals surface area (Å²) in [6.07, 6.45) is 1.27. The second-order valence-electron chi connectivity index (χ2n) is 9.11. The van der Waals surface area contributed by atoms with Crippen LogP contribution in [0.4, 0.5) is 0 Å². The highest BCUT2D eigenvalue weighted by Crippen LogP contribution is 2.26. The molecule has 2 aromatic carbocycles. The Morgan fingerprint density at radius 1 is 1.11 bits per heavy atom. The maximum Gasteiger partial charge on any atom is 0.329 e. The molecule has 1 amide bonds. The lowest BCUT2D eigenvalue weighted by Crippen LogP contribution is -2.41. The summed E-state index contributed by atoms with van der Waals surface area (Å²) in [5.41, 5.74) is 1.93. The van der Waals surface area contributed by atoms with E-state index in [2.05, 4.69) is 22.3 Å². The first kappa shape index (κ1) is 29.4. The first-order valence-corrected chi connectivity index (χ1v) is 13.2. The monoisotopic (exact) mass is 551 g/mol. The van der Waals surface area contributed by atoms with E-state index in [1.54, 1.807) is 12.1 Å². The van der Waals surface area contributed by atoms with Gasteiger partial charge in [0.1, 0.15) is 6.61 Å². The smallest absolute Gasteiger partial charge is 0.329 e. The van der Waals surface area contributed by atoms with Crippen molar-refractivity contribution in [3.63, 3.8) is 0 Å². The number of carbonyl (C=O) groups is 2. The van der Waals surface area contributed by atoms with Crippen LogP contribution >= 0.6 is 23.2 Å². The third-order valence-electron chi connectivity index (χ3n) is 6.37. The molecule has 0 radical (unpaired) electrons. The van der Waals surface area contributed by atoms with Gasteiger partial charge in [-0.1, -0.05) is 59.6 Å². The Labute approximate surface area is 228 Å². The molecular formula is C27H35Cl2N3O5. The SMILES string of the molecule is CN(C(=O)Cc1ccc(Cl)c(Cl)c1)C(CN1CC[C@H](NCCOCCOCC(=O)O)C1)c1ccccc1. The number of carboxylic acids is 1. The molecule has 1 aliphatic heterocycles. The molecule has 1 unspecified atom stereocenters. The molecule has 1 saturated heterocycles. The highest BCUT2D eigenvalue weighted by Gasteiger charge is 2.28. The maximum absolute atomic E-state index is 13.2. The van der Waals surface area contributed by atoms with Gasteiger partial charge >= 0.3 is 5.97 Å². The number of nitrogens with zero attached hydrogens (tertiary/aromatic N) is 2. The first-order valence-electron chi connectivity index (χ1n) is 12.4. The Kier molecular flexibility index (Phi) is 12.1. The Morgan fingerprint density at radius 2 is 1.86 bits per heavy atom. The molecule has 0 aromatic heterocycles. The van der Waals surface area contributed by atoms with E-state index in [-0.39, 0.29) is 31.6 Å². The molecule has 37 heavy (non-hydrogen) atoms. The number of nitrogens with one attached hydrogen (secondary N) is 1. The zero-order chi connectivity index (χ0) is 26.6. The number of likely N-dealkylation sites (N-methyl/N-ethyl adjacent to an activating group) is 1. The normalized spacial score (nSPS) is 16.6. The predicted octanol–water partition coefficient (Wildman–Crippen LogP) is 3.52. The Hall–Kier alpha value is -2.20. The van der Waals surface area contributed by atoms with Gasteiger partial charge in [0.2, 0.25) is 5.91 Å². The third kappa shape index (κ3) is 9.89. The van der Waals surface area contributed by atoms with E-state index in [4.69, 9.17) is 37.8 Å². The van der Waals surface area contributed by atoms with Crippen LogP contribution in [0.2, 0.25) is 10.0 Å². The van der Waals surface area contributed by atoms with Crippen molar-refractivity contribution in [2.75, 3.05) is 59.7 Å². The minimum Gasteiger partial charge on any atom is -0.480 e. The van der Waals surface area contributed by atoms with E-state index in [9.17, 15) is 9.59 Å².